The second-order valence-electron chi connectivity index (χ2n) is 4.07. The predicted molar refractivity (Wildman–Crippen MR) is 62.1 cm³/mol. The number of aliphatic hydroxyl groups excluding tert-OH is 1. The standard InChI is InChI=1S/C12H17F3N2O/c13-12(14,15)10-17(7-1-9-18)8-4-11-2-5-16-6-3-11/h2-3,5-6,18H,1,4,7-10H2. The Balaban J connectivity index is 2.45. The first-order chi connectivity index (χ1) is 8.51. The average molecular weight is 262 g/mol. The molecule has 6 heteroatoms. The van der Waals surface area contributed by atoms with Crippen molar-refractivity contribution in [1.82, 2.24) is 9.88 Å². The summed E-state index contributed by atoms with van der Waals surface area (Å²) in [6, 6.07) is 3.58. The predicted octanol–water partition coefficient (Wildman–Crippen LogP) is 1.87. The van der Waals surface area contributed by atoms with E-state index in [4.69, 9.17) is 5.11 Å². The number of pyridine rings is 1. The highest BCUT2D eigenvalue weighted by atomic mass is 19.4. The minimum atomic E-state index is -4.20. The van der Waals surface area contributed by atoms with E-state index >= 15 is 0 Å². The Hall–Kier alpha value is -1.14. The summed E-state index contributed by atoms with van der Waals surface area (Å²) in [5.41, 5.74) is 0.959. The van der Waals surface area contributed by atoms with Crippen LogP contribution in [-0.4, -0.2) is 47.4 Å². The molecule has 0 aliphatic carbocycles. The van der Waals surface area contributed by atoms with E-state index in [1.807, 2.05) is 0 Å². The third-order valence-electron chi connectivity index (χ3n) is 2.50. The van der Waals surface area contributed by atoms with Crippen molar-refractivity contribution in [1.29, 1.82) is 0 Å². The lowest BCUT2D eigenvalue weighted by atomic mass is 10.2. The Bertz CT molecular complexity index is 330. The summed E-state index contributed by atoms with van der Waals surface area (Å²) in [5.74, 6) is 0. The van der Waals surface area contributed by atoms with Gasteiger partial charge in [-0.25, -0.2) is 0 Å². The van der Waals surface area contributed by atoms with Crippen molar-refractivity contribution in [3.8, 4) is 0 Å². The molecule has 0 spiro atoms. The number of aromatic nitrogens is 1. The van der Waals surface area contributed by atoms with Crippen LogP contribution >= 0.6 is 0 Å². The van der Waals surface area contributed by atoms with Gasteiger partial charge in [0, 0.05) is 32.1 Å². The highest BCUT2D eigenvalue weighted by Gasteiger charge is 2.30. The molecule has 0 atom stereocenters. The number of hydrogen-bond acceptors (Lipinski definition) is 3. The van der Waals surface area contributed by atoms with Crippen molar-refractivity contribution in [2.45, 2.75) is 19.0 Å². The van der Waals surface area contributed by atoms with Crippen LogP contribution in [0.4, 0.5) is 13.2 Å². The maximum absolute atomic E-state index is 12.3. The van der Waals surface area contributed by atoms with Crippen LogP contribution in [0.25, 0.3) is 0 Å². The molecule has 0 aromatic carbocycles. The monoisotopic (exact) mass is 262 g/mol. The van der Waals surface area contributed by atoms with Crippen LogP contribution in [0.5, 0.6) is 0 Å². The molecule has 0 aliphatic rings. The lowest BCUT2D eigenvalue weighted by Gasteiger charge is -2.23. The molecule has 1 rings (SSSR count). The Morgan fingerprint density at radius 3 is 2.39 bits per heavy atom. The van der Waals surface area contributed by atoms with E-state index in [0.717, 1.165) is 5.56 Å². The minimum Gasteiger partial charge on any atom is -0.396 e. The molecule has 0 amide bonds. The summed E-state index contributed by atoms with van der Waals surface area (Å²) in [4.78, 5) is 5.17. The van der Waals surface area contributed by atoms with Crippen molar-refractivity contribution in [3.63, 3.8) is 0 Å². The van der Waals surface area contributed by atoms with E-state index in [9.17, 15) is 13.2 Å². The maximum atomic E-state index is 12.3. The molecule has 0 radical (unpaired) electrons. The summed E-state index contributed by atoms with van der Waals surface area (Å²) in [6.45, 7) is -0.452. The highest BCUT2D eigenvalue weighted by Crippen LogP contribution is 2.17. The first kappa shape index (κ1) is 14.9. The van der Waals surface area contributed by atoms with Crippen molar-refractivity contribution < 1.29 is 18.3 Å². The van der Waals surface area contributed by atoms with Crippen LogP contribution in [0, 0.1) is 0 Å². The average Bonchev–Trinajstić information content (AvgIpc) is 2.32. The first-order valence-corrected chi connectivity index (χ1v) is 5.80. The van der Waals surface area contributed by atoms with Crippen LogP contribution in [0.1, 0.15) is 12.0 Å². The van der Waals surface area contributed by atoms with Gasteiger partial charge in [0.15, 0.2) is 0 Å². The maximum Gasteiger partial charge on any atom is 0.401 e. The largest absolute Gasteiger partial charge is 0.401 e. The zero-order chi connectivity index (χ0) is 13.4. The van der Waals surface area contributed by atoms with Crippen LogP contribution in [0.2, 0.25) is 0 Å². The number of nitrogens with zero attached hydrogens (tertiary/aromatic N) is 2. The Morgan fingerprint density at radius 2 is 1.83 bits per heavy atom. The zero-order valence-corrected chi connectivity index (χ0v) is 10.0. The van der Waals surface area contributed by atoms with Gasteiger partial charge in [-0.05, 0) is 30.5 Å². The van der Waals surface area contributed by atoms with Gasteiger partial charge in [-0.1, -0.05) is 0 Å². The van der Waals surface area contributed by atoms with Gasteiger partial charge >= 0.3 is 6.18 Å². The molecule has 0 aliphatic heterocycles. The Labute approximate surface area is 104 Å². The third-order valence-corrected chi connectivity index (χ3v) is 2.50. The smallest absolute Gasteiger partial charge is 0.396 e. The van der Waals surface area contributed by atoms with Crippen LogP contribution in [-0.2, 0) is 6.42 Å². The van der Waals surface area contributed by atoms with Crippen molar-refractivity contribution in [2.24, 2.45) is 0 Å². The van der Waals surface area contributed by atoms with Gasteiger partial charge in [0.2, 0.25) is 0 Å². The van der Waals surface area contributed by atoms with E-state index in [0.29, 0.717) is 19.4 Å². The molecule has 1 N–H and O–H groups in total. The number of hydrogen-bond donors (Lipinski definition) is 1. The summed E-state index contributed by atoms with van der Waals surface area (Å²) in [7, 11) is 0. The number of aliphatic hydroxyl groups is 1. The van der Waals surface area contributed by atoms with Gasteiger partial charge in [-0.2, -0.15) is 13.2 Å². The van der Waals surface area contributed by atoms with Crippen LogP contribution < -0.4 is 0 Å². The van der Waals surface area contributed by atoms with Crippen molar-refractivity contribution >= 4 is 0 Å². The fourth-order valence-electron chi connectivity index (χ4n) is 1.65. The van der Waals surface area contributed by atoms with Crippen molar-refractivity contribution in [2.75, 3.05) is 26.2 Å². The van der Waals surface area contributed by atoms with Crippen molar-refractivity contribution in [3.05, 3.63) is 30.1 Å². The van der Waals surface area contributed by atoms with Gasteiger partial charge in [0.05, 0.1) is 6.54 Å². The molecular weight excluding hydrogens is 245 g/mol. The Kier molecular flexibility index (Phi) is 6.07. The molecular formula is C12H17F3N2O. The summed E-state index contributed by atoms with van der Waals surface area (Å²) in [5, 5.41) is 8.68. The molecule has 3 nitrogen and oxygen atoms in total. The second kappa shape index (κ2) is 7.33. The lowest BCUT2D eigenvalue weighted by Crippen LogP contribution is -2.36. The number of alkyl halides is 3. The minimum absolute atomic E-state index is 0.0936. The number of halogens is 3. The van der Waals surface area contributed by atoms with E-state index in [2.05, 4.69) is 4.98 Å². The van der Waals surface area contributed by atoms with E-state index < -0.39 is 12.7 Å². The molecule has 1 aromatic heterocycles. The summed E-state index contributed by atoms with van der Waals surface area (Å²) >= 11 is 0. The third kappa shape index (κ3) is 6.56. The first-order valence-electron chi connectivity index (χ1n) is 5.80. The fourth-order valence-corrected chi connectivity index (χ4v) is 1.65. The molecule has 0 saturated carbocycles. The van der Waals surface area contributed by atoms with Gasteiger partial charge in [-0.15, -0.1) is 0 Å². The highest BCUT2D eigenvalue weighted by molar-refractivity contribution is 5.09. The molecule has 0 unspecified atom stereocenters. The topological polar surface area (TPSA) is 36.4 Å². The molecule has 0 fully saturated rings. The molecule has 102 valence electrons. The lowest BCUT2D eigenvalue weighted by molar-refractivity contribution is -0.146. The van der Waals surface area contributed by atoms with Gasteiger partial charge in [0.25, 0.3) is 0 Å². The van der Waals surface area contributed by atoms with E-state index in [1.54, 1.807) is 24.5 Å². The van der Waals surface area contributed by atoms with E-state index in [1.165, 1.54) is 4.90 Å². The summed E-state index contributed by atoms with van der Waals surface area (Å²) < 4.78 is 37.0. The fraction of sp³-hybridized carbons (Fsp3) is 0.583. The van der Waals surface area contributed by atoms with Crippen LogP contribution in [0.15, 0.2) is 24.5 Å². The van der Waals surface area contributed by atoms with Gasteiger partial charge in [0.1, 0.15) is 0 Å². The summed E-state index contributed by atoms with van der Waals surface area (Å²) in [6.07, 6.45) is -0.0571. The van der Waals surface area contributed by atoms with Crippen LogP contribution in [0.3, 0.4) is 0 Å². The normalized spacial score (nSPS) is 12.1. The second-order valence-corrected chi connectivity index (χ2v) is 4.07. The van der Waals surface area contributed by atoms with Gasteiger partial charge < -0.3 is 5.11 Å². The SMILES string of the molecule is OCCCN(CCc1ccncc1)CC(F)(F)F. The molecule has 1 heterocycles. The van der Waals surface area contributed by atoms with E-state index in [-0.39, 0.29) is 13.2 Å². The molecule has 0 saturated heterocycles. The molecule has 1 aromatic rings. The Morgan fingerprint density at radius 1 is 1.17 bits per heavy atom. The quantitative estimate of drug-likeness (QED) is 0.815. The number of rotatable bonds is 7. The van der Waals surface area contributed by atoms with Gasteiger partial charge in [-0.3, -0.25) is 9.88 Å². The molecule has 0 bridgehead atoms. The zero-order valence-electron chi connectivity index (χ0n) is 10.0. The molecule has 18 heavy (non-hydrogen) atoms.